The van der Waals surface area contributed by atoms with Crippen molar-refractivity contribution in [3.8, 4) is 0 Å². The van der Waals surface area contributed by atoms with Crippen LogP contribution in [0.25, 0.3) is 0 Å². The molecule has 0 amide bonds. The van der Waals surface area contributed by atoms with Gasteiger partial charge in [-0.15, -0.1) is 0 Å². The van der Waals surface area contributed by atoms with Crippen LogP contribution in [0.3, 0.4) is 0 Å². The minimum absolute atomic E-state index is 0.0785. The van der Waals surface area contributed by atoms with Gasteiger partial charge in [0, 0.05) is 19.8 Å². The summed E-state index contributed by atoms with van der Waals surface area (Å²) in [7, 11) is 0. The van der Waals surface area contributed by atoms with Gasteiger partial charge in [0.2, 0.25) is 0 Å². The summed E-state index contributed by atoms with van der Waals surface area (Å²) in [6, 6.07) is 0. The molecule has 24 heavy (non-hydrogen) atoms. The third-order valence-corrected chi connectivity index (χ3v) is 4.56. The molecule has 2 N–H and O–H groups in total. The molecule has 0 aromatic carbocycles. The first-order valence-corrected chi connectivity index (χ1v) is 10.7. The maximum absolute atomic E-state index is 5.79. The zero-order valence-corrected chi connectivity index (χ0v) is 16.7. The average Bonchev–Trinajstić information content (AvgIpc) is 2.60. The molecule has 3 heteroatoms. The molecule has 0 aliphatic carbocycles. The van der Waals surface area contributed by atoms with Crippen molar-refractivity contribution in [3.63, 3.8) is 0 Å². The molecule has 0 aromatic rings. The molecular formula is C21H45NO2. The van der Waals surface area contributed by atoms with Gasteiger partial charge in [0.05, 0.1) is 12.7 Å². The Labute approximate surface area is 152 Å². The van der Waals surface area contributed by atoms with E-state index in [1.807, 2.05) is 0 Å². The molecule has 1 unspecified atom stereocenters. The van der Waals surface area contributed by atoms with Crippen LogP contribution in [0.15, 0.2) is 0 Å². The van der Waals surface area contributed by atoms with Crippen LogP contribution in [0.2, 0.25) is 0 Å². The predicted octanol–water partition coefficient (Wildman–Crippen LogP) is 5.85. The van der Waals surface area contributed by atoms with Crippen LogP contribution in [0.1, 0.15) is 104 Å². The Morgan fingerprint density at radius 1 is 0.625 bits per heavy atom. The van der Waals surface area contributed by atoms with Gasteiger partial charge in [0.1, 0.15) is 0 Å². The molecule has 0 fully saturated rings. The summed E-state index contributed by atoms with van der Waals surface area (Å²) < 4.78 is 11.5. The fourth-order valence-electron chi connectivity index (χ4n) is 2.87. The Morgan fingerprint density at radius 2 is 1.08 bits per heavy atom. The molecule has 0 spiro atoms. The monoisotopic (exact) mass is 343 g/mol. The summed E-state index contributed by atoms with van der Waals surface area (Å²) in [4.78, 5) is 0. The van der Waals surface area contributed by atoms with Gasteiger partial charge in [-0.3, -0.25) is 0 Å². The Kier molecular flexibility index (Phi) is 20.8. The van der Waals surface area contributed by atoms with E-state index in [-0.39, 0.29) is 6.10 Å². The molecule has 0 aliphatic rings. The van der Waals surface area contributed by atoms with Crippen LogP contribution in [-0.4, -0.2) is 32.5 Å². The Morgan fingerprint density at radius 3 is 1.62 bits per heavy atom. The van der Waals surface area contributed by atoms with Gasteiger partial charge in [-0.25, -0.2) is 0 Å². The first-order chi connectivity index (χ1) is 11.8. The lowest BCUT2D eigenvalue weighted by Crippen LogP contribution is -2.29. The predicted molar refractivity (Wildman–Crippen MR) is 106 cm³/mol. The third-order valence-electron chi connectivity index (χ3n) is 4.56. The standard InChI is InChI=1S/C21H45NO2/c1-3-5-7-9-10-11-12-13-14-15-17-23-20-21(19-22)24-18-16-8-6-4-2/h21H,3-20,22H2,1-2H3. The van der Waals surface area contributed by atoms with Crippen molar-refractivity contribution < 1.29 is 9.47 Å². The number of hydrogen-bond acceptors (Lipinski definition) is 3. The van der Waals surface area contributed by atoms with Crippen LogP contribution >= 0.6 is 0 Å². The highest BCUT2D eigenvalue weighted by Gasteiger charge is 2.06. The van der Waals surface area contributed by atoms with Crippen molar-refractivity contribution >= 4 is 0 Å². The minimum atomic E-state index is 0.0785. The van der Waals surface area contributed by atoms with Crippen molar-refractivity contribution in [2.45, 2.75) is 110 Å². The molecule has 3 nitrogen and oxygen atoms in total. The zero-order chi connectivity index (χ0) is 17.7. The fourth-order valence-corrected chi connectivity index (χ4v) is 2.87. The smallest absolute Gasteiger partial charge is 0.0930 e. The first-order valence-electron chi connectivity index (χ1n) is 10.7. The molecule has 0 radical (unpaired) electrons. The van der Waals surface area contributed by atoms with Crippen LogP contribution in [0.5, 0.6) is 0 Å². The number of unbranched alkanes of at least 4 members (excludes halogenated alkanes) is 12. The third kappa shape index (κ3) is 18.2. The molecular weight excluding hydrogens is 298 g/mol. The largest absolute Gasteiger partial charge is 0.379 e. The van der Waals surface area contributed by atoms with E-state index in [0.29, 0.717) is 13.2 Å². The fraction of sp³-hybridized carbons (Fsp3) is 1.00. The molecule has 0 saturated carbocycles. The van der Waals surface area contributed by atoms with Crippen LogP contribution in [0.4, 0.5) is 0 Å². The van der Waals surface area contributed by atoms with Crippen LogP contribution < -0.4 is 5.73 Å². The molecule has 0 bridgehead atoms. The van der Waals surface area contributed by atoms with Crippen molar-refractivity contribution in [3.05, 3.63) is 0 Å². The summed E-state index contributed by atoms with van der Waals surface area (Å²) in [6.07, 6.45) is 18.7. The summed E-state index contributed by atoms with van der Waals surface area (Å²) in [6.45, 7) is 7.39. The molecule has 0 saturated heterocycles. The van der Waals surface area contributed by atoms with Crippen LogP contribution in [-0.2, 0) is 9.47 Å². The minimum Gasteiger partial charge on any atom is -0.379 e. The maximum atomic E-state index is 5.79. The Hall–Kier alpha value is -0.120. The van der Waals surface area contributed by atoms with Crippen molar-refractivity contribution in [2.75, 3.05) is 26.4 Å². The van der Waals surface area contributed by atoms with E-state index < -0.39 is 0 Å². The van der Waals surface area contributed by atoms with E-state index in [1.54, 1.807) is 0 Å². The summed E-state index contributed by atoms with van der Waals surface area (Å²) in [5.41, 5.74) is 5.75. The lowest BCUT2D eigenvalue weighted by Gasteiger charge is -2.16. The van der Waals surface area contributed by atoms with E-state index in [0.717, 1.165) is 19.6 Å². The van der Waals surface area contributed by atoms with E-state index in [2.05, 4.69) is 13.8 Å². The average molecular weight is 344 g/mol. The quantitative estimate of drug-likeness (QED) is 0.282. The highest BCUT2D eigenvalue weighted by molar-refractivity contribution is 4.57. The summed E-state index contributed by atoms with van der Waals surface area (Å²) in [5, 5.41) is 0. The van der Waals surface area contributed by atoms with Gasteiger partial charge in [0.15, 0.2) is 0 Å². The Bertz CT molecular complexity index is 224. The van der Waals surface area contributed by atoms with Gasteiger partial charge in [-0.05, 0) is 12.8 Å². The first kappa shape index (κ1) is 23.9. The molecule has 1 atom stereocenters. The van der Waals surface area contributed by atoms with Gasteiger partial charge < -0.3 is 15.2 Å². The second-order valence-electron chi connectivity index (χ2n) is 7.05. The number of hydrogen-bond donors (Lipinski definition) is 1. The van der Waals surface area contributed by atoms with Crippen LogP contribution in [0, 0.1) is 0 Å². The highest BCUT2D eigenvalue weighted by Crippen LogP contribution is 2.10. The van der Waals surface area contributed by atoms with Gasteiger partial charge in [-0.2, -0.15) is 0 Å². The molecule has 0 aliphatic heterocycles. The maximum Gasteiger partial charge on any atom is 0.0930 e. The second kappa shape index (κ2) is 20.9. The Balaban J connectivity index is 3.23. The molecule has 0 rings (SSSR count). The van der Waals surface area contributed by atoms with Crippen molar-refractivity contribution in [1.82, 2.24) is 0 Å². The molecule has 0 heterocycles. The van der Waals surface area contributed by atoms with Crippen molar-refractivity contribution in [1.29, 1.82) is 0 Å². The van der Waals surface area contributed by atoms with Gasteiger partial charge >= 0.3 is 0 Å². The second-order valence-corrected chi connectivity index (χ2v) is 7.05. The normalized spacial score (nSPS) is 12.6. The van der Waals surface area contributed by atoms with E-state index in [1.165, 1.54) is 83.5 Å². The van der Waals surface area contributed by atoms with Gasteiger partial charge in [0.25, 0.3) is 0 Å². The highest BCUT2D eigenvalue weighted by atomic mass is 16.5. The number of nitrogens with two attached hydrogens (primary N) is 1. The molecule has 0 aromatic heterocycles. The number of rotatable bonds is 20. The SMILES string of the molecule is CCCCCCCCCCCCOCC(CN)OCCCCCC. The van der Waals surface area contributed by atoms with E-state index >= 15 is 0 Å². The lowest BCUT2D eigenvalue weighted by atomic mass is 10.1. The van der Waals surface area contributed by atoms with Gasteiger partial charge in [-0.1, -0.05) is 90.9 Å². The summed E-state index contributed by atoms with van der Waals surface area (Å²) >= 11 is 0. The summed E-state index contributed by atoms with van der Waals surface area (Å²) in [5.74, 6) is 0. The lowest BCUT2D eigenvalue weighted by molar-refractivity contribution is -0.0135. The molecule has 146 valence electrons. The zero-order valence-electron chi connectivity index (χ0n) is 16.7. The van der Waals surface area contributed by atoms with E-state index in [4.69, 9.17) is 15.2 Å². The van der Waals surface area contributed by atoms with E-state index in [9.17, 15) is 0 Å². The number of ether oxygens (including phenoxy) is 2. The topological polar surface area (TPSA) is 44.5 Å². The van der Waals surface area contributed by atoms with Crippen molar-refractivity contribution in [2.24, 2.45) is 5.73 Å².